The van der Waals surface area contributed by atoms with Gasteiger partial charge in [0.05, 0.1) is 6.04 Å². The number of rotatable bonds is 3. The Hall–Kier alpha value is -1.71. The molecule has 0 bridgehead atoms. The quantitative estimate of drug-likeness (QED) is 0.786. The van der Waals surface area contributed by atoms with Crippen LogP contribution in [0.1, 0.15) is 42.1 Å². The van der Waals surface area contributed by atoms with E-state index in [1.165, 1.54) is 12.1 Å². The van der Waals surface area contributed by atoms with Crippen LogP contribution in [0.15, 0.2) is 18.2 Å². The number of likely N-dealkylation sites (tertiary alicyclic amines) is 1. The maximum atomic E-state index is 13.2. The van der Waals surface area contributed by atoms with Gasteiger partial charge in [0.2, 0.25) is 5.91 Å². The van der Waals surface area contributed by atoms with Crippen LogP contribution in [0.2, 0.25) is 0 Å². The van der Waals surface area contributed by atoms with E-state index >= 15 is 0 Å². The topological polar surface area (TPSA) is 37.4 Å². The van der Waals surface area contributed by atoms with Gasteiger partial charge in [0, 0.05) is 18.5 Å². The summed E-state index contributed by atoms with van der Waals surface area (Å²) < 4.78 is 13.2. The molecule has 1 aromatic rings. The van der Waals surface area contributed by atoms with Gasteiger partial charge in [-0.05, 0) is 43.5 Å². The van der Waals surface area contributed by atoms with E-state index in [0.717, 1.165) is 6.42 Å². The molecule has 2 rings (SSSR count). The number of hydrogen-bond donors (Lipinski definition) is 0. The highest BCUT2D eigenvalue weighted by atomic mass is 19.1. The molecule has 1 heterocycles. The number of amides is 1. The maximum absolute atomic E-state index is 13.2. The van der Waals surface area contributed by atoms with Gasteiger partial charge in [-0.2, -0.15) is 0 Å². The van der Waals surface area contributed by atoms with Crippen LogP contribution in [0.5, 0.6) is 0 Å². The van der Waals surface area contributed by atoms with Crippen molar-refractivity contribution in [3.05, 3.63) is 35.1 Å². The van der Waals surface area contributed by atoms with Crippen molar-refractivity contribution in [2.75, 3.05) is 6.54 Å². The van der Waals surface area contributed by atoms with Crippen molar-refractivity contribution in [1.29, 1.82) is 0 Å². The Kier molecular flexibility index (Phi) is 3.98. The Labute approximate surface area is 112 Å². The molecule has 0 aromatic heterocycles. The number of carbonyl (C=O) groups excluding carboxylic acids is 2. The number of benzene rings is 1. The molecule has 19 heavy (non-hydrogen) atoms. The molecule has 0 N–H and O–H groups in total. The van der Waals surface area contributed by atoms with Crippen molar-refractivity contribution >= 4 is 11.7 Å². The standard InChI is InChI=1S/C15H18FNO2/c1-3-14(18)17-8-4-5-13(17)15(19)11-6-7-12(16)10(2)9-11/h6-7,9,13H,3-5,8H2,1-2H3. The molecule has 1 aromatic carbocycles. The second-order valence-electron chi connectivity index (χ2n) is 4.93. The van der Waals surface area contributed by atoms with Gasteiger partial charge in [-0.3, -0.25) is 9.59 Å². The van der Waals surface area contributed by atoms with Crippen molar-refractivity contribution in [1.82, 2.24) is 4.90 Å². The number of nitrogens with zero attached hydrogens (tertiary/aromatic N) is 1. The first kappa shape index (κ1) is 13.7. The van der Waals surface area contributed by atoms with Gasteiger partial charge in [-0.15, -0.1) is 0 Å². The van der Waals surface area contributed by atoms with E-state index in [9.17, 15) is 14.0 Å². The van der Waals surface area contributed by atoms with Gasteiger partial charge >= 0.3 is 0 Å². The average molecular weight is 263 g/mol. The summed E-state index contributed by atoms with van der Waals surface area (Å²) in [5.74, 6) is -0.387. The minimum atomic E-state index is -0.377. The Morgan fingerprint density at radius 3 is 2.79 bits per heavy atom. The highest BCUT2D eigenvalue weighted by Crippen LogP contribution is 2.23. The molecule has 102 valence electrons. The zero-order chi connectivity index (χ0) is 14.0. The van der Waals surface area contributed by atoms with Crippen LogP contribution < -0.4 is 0 Å². The smallest absolute Gasteiger partial charge is 0.222 e. The first-order valence-electron chi connectivity index (χ1n) is 6.64. The predicted octanol–water partition coefficient (Wildman–Crippen LogP) is 2.72. The summed E-state index contributed by atoms with van der Waals surface area (Å²) >= 11 is 0. The number of hydrogen-bond acceptors (Lipinski definition) is 2. The van der Waals surface area contributed by atoms with E-state index in [1.54, 1.807) is 24.8 Å². The van der Waals surface area contributed by atoms with Gasteiger partial charge in [-0.25, -0.2) is 4.39 Å². The normalized spacial score (nSPS) is 18.7. The first-order chi connectivity index (χ1) is 9.04. The van der Waals surface area contributed by atoms with Gasteiger partial charge in [0.25, 0.3) is 0 Å². The first-order valence-corrected chi connectivity index (χ1v) is 6.64. The molecule has 1 fully saturated rings. The third-order valence-corrected chi connectivity index (χ3v) is 3.62. The van der Waals surface area contributed by atoms with Crippen molar-refractivity contribution in [2.24, 2.45) is 0 Å². The Bertz CT molecular complexity index is 513. The van der Waals surface area contributed by atoms with Gasteiger partial charge in [-0.1, -0.05) is 6.92 Å². The molecule has 4 heteroatoms. The van der Waals surface area contributed by atoms with Gasteiger partial charge in [0.1, 0.15) is 5.82 Å². The molecular formula is C15H18FNO2. The van der Waals surface area contributed by atoms with Crippen LogP contribution in [0, 0.1) is 12.7 Å². The third kappa shape index (κ3) is 2.67. The van der Waals surface area contributed by atoms with Crippen molar-refractivity contribution in [3.63, 3.8) is 0 Å². The lowest BCUT2D eigenvalue weighted by molar-refractivity contribution is -0.131. The highest BCUT2D eigenvalue weighted by molar-refractivity contribution is 6.02. The molecule has 1 unspecified atom stereocenters. The molecule has 1 aliphatic heterocycles. The van der Waals surface area contributed by atoms with Gasteiger partial charge < -0.3 is 4.90 Å². The molecule has 3 nitrogen and oxygen atoms in total. The summed E-state index contributed by atoms with van der Waals surface area (Å²) in [4.78, 5) is 25.9. The molecule has 0 radical (unpaired) electrons. The Morgan fingerprint density at radius 2 is 2.16 bits per heavy atom. The molecule has 0 saturated carbocycles. The van der Waals surface area contributed by atoms with Crippen LogP contribution in [0.4, 0.5) is 4.39 Å². The summed E-state index contributed by atoms with van der Waals surface area (Å²) in [6, 6.07) is 3.99. The van der Waals surface area contributed by atoms with Crippen LogP contribution in [0.25, 0.3) is 0 Å². The van der Waals surface area contributed by atoms with Crippen LogP contribution in [-0.4, -0.2) is 29.2 Å². The minimum Gasteiger partial charge on any atom is -0.332 e. The summed E-state index contributed by atoms with van der Waals surface area (Å²) in [7, 11) is 0. The number of aryl methyl sites for hydroxylation is 1. The zero-order valence-electron chi connectivity index (χ0n) is 11.3. The van der Waals surface area contributed by atoms with Crippen molar-refractivity contribution in [2.45, 2.75) is 39.2 Å². The number of carbonyl (C=O) groups is 2. The maximum Gasteiger partial charge on any atom is 0.222 e. The number of halogens is 1. The number of Topliss-reactive ketones (excluding diaryl/α,β-unsaturated/α-hetero) is 1. The molecule has 1 atom stereocenters. The fraction of sp³-hybridized carbons (Fsp3) is 0.467. The van der Waals surface area contributed by atoms with E-state index in [1.807, 2.05) is 0 Å². The lowest BCUT2D eigenvalue weighted by atomic mass is 10.00. The average Bonchev–Trinajstić information content (AvgIpc) is 2.89. The van der Waals surface area contributed by atoms with Crippen molar-refractivity contribution in [3.8, 4) is 0 Å². The molecular weight excluding hydrogens is 245 g/mol. The Morgan fingerprint density at radius 1 is 1.42 bits per heavy atom. The molecule has 0 aliphatic carbocycles. The van der Waals surface area contributed by atoms with Crippen LogP contribution in [0.3, 0.4) is 0 Å². The van der Waals surface area contributed by atoms with E-state index in [-0.39, 0.29) is 23.5 Å². The largest absolute Gasteiger partial charge is 0.332 e. The van der Waals surface area contributed by atoms with E-state index in [0.29, 0.717) is 30.5 Å². The van der Waals surface area contributed by atoms with E-state index in [4.69, 9.17) is 0 Å². The highest BCUT2D eigenvalue weighted by Gasteiger charge is 2.33. The van der Waals surface area contributed by atoms with Crippen LogP contribution in [-0.2, 0) is 4.79 Å². The number of ketones is 1. The van der Waals surface area contributed by atoms with E-state index in [2.05, 4.69) is 0 Å². The lowest BCUT2D eigenvalue weighted by Gasteiger charge is -2.23. The fourth-order valence-corrected chi connectivity index (χ4v) is 2.53. The Balaban J connectivity index is 2.23. The van der Waals surface area contributed by atoms with Crippen molar-refractivity contribution < 1.29 is 14.0 Å². The zero-order valence-corrected chi connectivity index (χ0v) is 11.3. The summed E-state index contributed by atoms with van der Waals surface area (Å²) in [6.45, 7) is 4.07. The van der Waals surface area contributed by atoms with Gasteiger partial charge in [0.15, 0.2) is 5.78 Å². The summed E-state index contributed by atoms with van der Waals surface area (Å²) in [6.07, 6.45) is 1.95. The summed E-state index contributed by atoms with van der Waals surface area (Å²) in [5.41, 5.74) is 0.942. The molecule has 1 saturated heterocycles. The van der Waals surface area contributed by atoms with Crippen LogP contribution >= 0.6 is 0 Å². The molecule has 1 amide bonds. The second kappa shape index (κ2) is 5.51. The molecule has 1 aliphatic rings. The molecule has 0 spiro atoms. The fourth-order valence-electron chi connectivity index (χ4n) is 2.53. The predicted molar refractivity (Wildman–Crippen MR) is 70.5 cm³/mol. The SMILES string of the molecule is CCC(=O)N1CCCC1C(=O)c1ccc(F)c(C)c1. The summed E-state index contributed by atoms with van der Waals surface area (Å²) in [5, 5.41) is 0. The third-order valence-electron chi connectivity index (χ3n) is 3.62. The monoisotopic (exact) mass is 263 g/mol. The lowest BCUT2D eigenvalue weighted by Crippen LogP contribution is -2.40. The minimum absolute atomic E-state index is 0.00897. The second-order valence-corrected chi connectivity index (χ2v) is 4.93. The van der Waals surface area contributed by atoms with E-state index < -0.39 is 0 Å².